The lowest BCUT2D eigenvalue weighted by Crippen LogP contribution is -2.40. The molecule has 0 saturated carbocycles. The second-order valence-electron chi connectivity index (χ2n) is 4.68. The van der Waals surface area contributed by atoms with Crippen molar-refractivity contribution in [3.63, 3.8) is 0 Å². The summed E-state index contributed by atoms with van der Waals surface area (Å²) in [4.78, 5) is 6.82. The van der Waals surface area contributed by atoms with E-state index < -0.39 is 0 Å². The normalized spacial score (nSPS) is 24.5. The largest absolute Gasteiger partial charge is 0.393 e. The molecule has 1 aliphatic heterocycles. The van der Waals surface area contributed by atoms with Crippen molar-refractivity contribution in [2.24, 2.45) is 0 Å². The number of aromatic nitrogens is 1. The molecule has 1 saturated heterocycles. The van der Waals surface area contributed by atoms with E-state index in [0.29, 0.717) is 6.04 Å². The van der Waals surface area contributed by atoms with Gasteiger partial charge in [0.25, 0.3) is 0 Å². The lowest BCUT2D eigenvalue weighted by molar-refractivity contribution is 0.0810. The van der Waals surface area contributed by atoms with Crippen LogP contribution < -0.4 is 0 Å². The van der Waals surface area contributed by atoms with Crippen molar-refractivity contribution in [3.8, 4) is 0 Å². The molecule has 0 radical (unpaired) electrons. The highest BCUT2D eigenvalue weighted by Gasteiger charge is 2.23. The number of hydrogen-bond donors (Lipinski definition) is 1. The van der Waals surface area contributed by atoms with E-state index in [1.54, 1.807) is 11.3 Å². The Morgan fingerprint density at radius 1 is 1.62 bits per heavy atom. The van der Waals surface area contributed by atoms with Crippen molar-refractivity contribution >= 4 is 11.3 Å². The topological polar surface area (TPSA) is 36.4 Å². The number of hydrogen-bond acceptors (Lipinski definition) is 4. The van der Waals surface area contributed by atoms with Gasteiger partial charge in [-0.1, -0.05) is 6.42 Å². The maximum absolute atomic E-state index is 9.51. The van der Waals surface area contributed by atoms with Gasteiger partial charge in [0, 0.05) is 18.0 Å². The van der Waals surface area contributed by atoms with Crippen LogP contribution in [0.2, 0.25) is 0 Å². The third kappa shape index (κ3) is 3.27. The first-order chi connectivity index (χ1) is 7.75. The lowest BCUT2D eigenvalue weighted by Gasteiger charge is -2.36. The van der Waals surface area contributed by atoms with E-state index in [1.165, 1.54) is 25.0 Å². The van der Waals surface area contributed by atoms with Crippen molar-refractivity contribution in [1.29, 1.82) is 0 Å². The van der Waals surface area contributed by atoms with E-state index in [9.17, 15) is 5.11 Å². The molecule has 3 nitrogen and oxygen atoms in total. The minimum absolute atomic E-state index is 0.193. The summed E-state index contributed by atoms with van der Waals surface area (Å²) in [5.74, 6) is 0. The average Bonchev–Trinajstić information content (AvgIpc) is 2.73. The highest BCUT2D eigenvalue weighted by molar-refractivity contribution is 7.07. The number of rotatable bonds is 4. The van der Waals surface area contributed by atoms with Gasteiger partial charge in [-0.3, -0.25) is 4.90 Å². The van der Waals surface area contributed by atoms with Crippen LogP contribution in [0.25, 0.3) is 0 Å². The van der Waals surface area contributed by atoms with Crippen molar-refractivity contribution < 1.29 is 5.11 Å². The number of nitrogens with zero attached hydrogens (tertiary/aromatic N) is 2. The number of aliphatic hydroxyl groups is 1. The van der Waals surface area contributed by atoms with Crippen LogP contribution in [0.1, 0.15) is 38.3 Å². The van der Waals surface area contributed by atoms with Gasteiger partial charge in [-0.2, -0.15) is 0 Å². The maximum Gasteiger partial charge on any atom is 0.0795 e. The summed E-state index contributed by atoms with van der Waals surface area (Å²) in [6.07, 6.45) is 4.49. The quantitative estimate of drug-likeness (QED) is 0.877. The molecule has 4 heteroatoms. The van der Waals surface area contributed by atoms with Crippen LogP contribution in [0.4, 0.5) is 0 Å². The molecule has 0 bridgehead atoms. The Bertz CT molecular complexity index is 300. The van der Waals surface area contributed by atoms with Gasteiger partial charge in [-0.25, -0.2) is 4.98 Å². The van der Waals surface area contributed by atoms with E-state index in [-0.39, 0.29) is 6.10 Å². The van der Waals surface area contributed by atoms with Crippen LogP contribution in [0, 0.1) is 0 Å². The SMILES string of the molecule is CC(O)CC1CCCCN1Cc1cscn1. The van der Waals surface area contributed by atoms with Crippen molar-refractivity contribution in [3.05, 3.63) is 16.6 Å². The summed E-state index contributed by atoms with van der Waals surface area (Å²) in [6, 6.07) is 0.537. The fraction of sp³-hybridized carbons (Fsp3) is 0.750. The Hall–Kier alpha value is -0.450. The van der Waals surface area contributed by atoms with E-state index in [1.807, 2.05) is 12.4 Å². The summed E-state index contributed by atoms with van der Waals surface area (Å²) < 4.78 is 0. The summed E-state index contributed by atoms with van der Waals surface area (Å²) in [5.41, 5.74) is 3.06. The molecule has 90 valence electrons. The second-order valence-corrected chi connectivity index (χ2v) is 5.40. The van der Waals surface area contributed by atoms with Crippen molar-refractivity contribution in [2.75, 3.05) is 6.54 Å². The Morgan fingerprint density at radius 3 is 3.19 bits per heavy atom. The van der Waals surface area contributed by atoms with Crippen LogP contribution in [0.5, 0.6) is 0 Å². The van der Waals surface area contributed by atoms with Gasteiger partial charge in [0.1, 0.15) is 0 Å². The fourth-order valence-electron chi connectivity index (χ4n) is 2.45. The van der Waals surface area contributed by atoms with Crippen LogP contribution in [-0.2, 0) is 6.54 Å². The predicted octanol–water partition coefficient (Wildman–Crippen LogP) is 2.27. The minimum atomic E-state index is -0.193. The summed E-state index contributed by atoms with van der Waals surface area (Å²) in [6.45, 7) is 3.98. The van der Waals surface area contributed by atoms with Gasteiger partial charge in [0.2, 0.25) is 0 Å². The van der Waals surface area contributed by atoms with Crippen LogP contribution >= 0.6 is 11.3 Å². The molecule has 0 aromatic carbocycles. The molecular formula is C12H20N2OS. The molecule has 2 rings (SSSR count). The highest BCUT2D eigenvalue weighted by Crippen LogP contribution is 2.22. The molecule has 2 atom stereocenters. The first kappa shape index (κ1) is 12.0. The van der Waals surface area contributed by atoms with Gasteiger partial charge in [0.15, 0.2) is 0 Å². The van der Waals surface area contributed by atoms with Crippen molar-refractivity contribution in [2.45, 2.75) is 51.3 Å². The summed E-state index contributed by atoms with van der Waals surface area (Å²) in [7, 11) is 0. The van der Waals surface area contributed by atoms with Gasteiger partial charge in [-0.05, 0) is 32.7 Å². The van der Waals surface area contributed by atoms with Crippen LogP contribution in [-0.4, -0.2) is 33.7 Å². The zero-order valence-electron chi connectivity index (χ0n) is 9.80. The van der Waals surface area contributed by atoms with Gasteiger partial charge < -0.3 is 5.11 Å². The van der Waals surface area contributed by atoms with Gasteiger partial charge in [-0.15, -0.1) is 11.3 Å². The molecule has 0 spiro atoms. The molecular weight excluding hydrogens is 220 g/mol. The first-order valence-corrected chi connectivity index (χ1v) is 6.99. The summed E-state index contributed by atoms with van der Waals surface area (Å²) in [5, 5.41) is 11.6. The average molecular weight is 240 g/mol. The molecule has 1 fully saturated rings. The lowest BCUT2D eigenvalue weighted by atomic mass is 9.97. The third-order valence-electron chi connectivity index (χ3n) is 3.21. The number of piperidine rings is 1. The summed E-state index contributed by atoms with van der Waals surface area (Å²) >= 11 is 1.66. The Kier molecular flexibility index (Phi) is 4.32. The standard InChI is InChI=1S/C12H20N2OS/c1-10(15)6-12-4-2-3-5-14(12)7-11-8-16-9-13-11/h8-10,12,15H,2-7H2,1H3. The molecule has 2 heterocycles. The van der Waals surface area contributed by atoms with Crippen LogP contribution in [0.3, 0.4) is 0 Å². The molecule has 16 heavy (non-hydrogen) atoms. The van der Waals surface area contributed by atoms with Crippen LogP contribution in [0.15, 0.2) is 10.9 Å². The number of likely N-dealkylation sites (tertiary alicyclic amines) is 1. The molecule has 1 aromatic heterocycles. The van der Waals surface area contributed by atoms with Gasteiger partial charge >= 0.3 is 0 Å². The molecule has 2 unspecified atom stereocenters. The smallest absolute Gasteiger partial charge is 0.0795 e. The maximum atomic E-state index is 9.51. The second kappa shape index (κ2) is 5.75. The predicted molar refractivity (Wildman–Crippen MR) is 66.5 cm³/mol. The molecule has 0 aliphatic carbocycles. The Labute approximate surface area is 101 Å². The fourth-order valence-corrected chi connectivity index (χ4v) is 3.00. The van der Waals surface area contributed by atoms with Crippen molar-refractivity contribution in [1.82, 2.24) is 9.88 Å². The molecule has 1 aliphatic rings. The monoisotopic (exact) mass is 240 g/mol. The van der Waals surface area contributed by atoms with E-state index in [0.717, 1.165) is 19.5 Å². The van der Waals surface area contributed by atoms with Gasteiger partial charge in [0.05, 0.1) is 17.3 Å². The van der Waals surface area contributed by atoms with E-state index in [4.69, 9.17) is 0 Å². The Morgan fingerprint density at radius 2 is 2.50 bits per heavy atom. The highest BCUT2D eigenvalue weighted by atomic mass is 32.1. The minimum Gasteiger partial charge on any atom is -0.393 e. The van der Waals surface area contributed by atoms with E-state index in [2.05, 4.69) is 15.3 Å². The zero-order chi connectivity index (χ0) is 11.4. The van der Waals surface area contributed by atoms with E-state index >= 15 is 0 Å². The third-order valence-corrected chi connectivity index (χ3v) is 3.85. The zero-order valence-corrected chi connectivity index (χ0v) is 10.6. The molecule has 1 N–H and O–H groups in total. The molecule has 0 amide bonds. The first-order valence-electron chi connectivity index (χ1n) is 6.05. The molecule has 1 aromatic rings. The Balaban J connectivity index is 1.93. The number of aliphatic hydroxyl groups excluding tert-OH is 1. The number of thiazole rings is 1.